The van der Waals surface area contributed by atoms with Crippen molar-refractivity contribution in [2.24, 2.45) is 5.73 Å². The lowest BCUT2D eigenvalue weighted by atomic mass is 9.91. The number of thiophene rings is 1. The van der Waals surface area contributed by atoms with Gasteiger partial charge in [0.2, 0.25) is 5.91 Å². The number of nitrogens with one attached hydrogen (secondary N) is 1. The van der Waals surface area contributed by atoms with Crippen LogP contribution in [0.2, 0.25) is 0 Å². The Balaban J connectivity index is 2.18. The topological polar surface area (TPSA) is 64.3 Å². The molecular weight excluding hydrogens is 284 g/mol. The highest BCUT2D eigenvalue weighted by Crippen LogP contribution is 2.24. The average Bonchev–Trinajstić information content (AvgIpc) is 2.99. The highest BCUT2D eigenvalue weighted by atomic mass is 32.1. The van der Waals surface area contributed by atoms with Gasteiger partial charge in [0, 0.05) is 11.4 Å². The molecule has 1 aromatic carbocycles. The highest BCUT2D eigenvalue weighted by Gasteiger charge is 2.32. The standard InChI is InChI=1S/C16H20N2O2S/c1-3-20-13-8-6-12(7-9-13)16(2,15(17)19)18-11-14-5-4-10-21-14/h4-10,18H,3,11H2,1-2H3,(H2,17,19). The van der Waals surface area contributed by atoms with Gasteiger partial charge in [-0.25, -0.2) is 0 Å². The number of benzene rings is 1. The minimum Gasteiger partial charge on any atom is -0.494 e. The van der Waals surface area contributed by atoms with Crippen molar-refractivity contribution in [1.82, 2.24) is 5.32 Å². The molecule has 0 bridgehead atoms. The molecule has 4 nitrogen and oxygen atoms in total. The second-order valence-corrected chi connectivity index (χ2v) is 5.91. The quantitative estimate of drug-likeness (QED) is 0.826. The third kappa shape index (κ3) is 3.62. The monoisotopic (exact) mass is 304 g/mol. The van der Waals surface area contributed by atoms with Crippen LogP contribution in [0.25, 0.3) is 0 Å². The molecule has 0 spiro atoms. The molecule has 0 radical (unpaired) electrons. The van der Waals surface area contributed by atoms with Crippen LogP contribution in [0.3, 0.4) is 0 Å². The van der Waals surface area contributed by atoms with Gasteiger partial charge in [-0.3, -0.25) is 10.1 Å². The number of carbonyl (C=O) groups is 1. The van der Waals surface area contributed by atoms with Crippen LogP contribution < -0.4 is 15.8 Å². The zero-order valence-corrected chi connectivity index (χ0v) is 13.1. The van der Waals surface area contributed by atoms with Crippen LogP contribution in [0.1, 0.15) is 24.3 Å². The van der Waals surface area contributed by atoms with Crippen LogP contribution in [0.4, 0.5) is 0 Å². The summed E-state index contributed by atoms with van der Waals surface area (Å²) in [5.74, 6) is 0.384. The summed E-state index contributed by atoms with van der Waals surface area (Å²) in [6, 6.07) is 11.5. The van der Waals surface area contributed by atoms with E-state index in [1.54, 1.807) is 18.3 Å². The Hall–Kier alpha value is -1.85. The smallest absolute Gasteiger partial charge is 0.242 e. The summed E-state index contributed by atoms with van der Waals surface area (Å²) in [5, 5.41) is 5.27. The molecule has 1 heterocycles. The molecule has 0 fully saturated rings. The van der Waals surface area contributed by atoms with Crippen molar-refractivity contribution in [2.75, 3.05) is 6.61 Å². The van der Waals surface area contributed by atoms with Gasteiger partial charge in [-0.15, -0.1) is 11.3 Å². The van der Waals surface area contributed by atoms with Crippen LogP contribution in [-0.4, -0.2) is 12.5 Å². The third-order valence-corrected chi connectivity index (χ3v) is 4.31. The van der Waals surface area contributed by atoms with Crippen molar-refractivity contribution in [3.8, 4) is 5.75 Å². The normalized spacial score (nSPS) is 13.6. The van der Waals surface area contributed by atoms with Gasteiger partial charge < -0.3 is 10.5 Å². The van der Waals surface area contributed by atoms with Crippen molar-refractivity contribution in [3.05, 3.63) is 52.2 Å². The van der Waals surface area contributed by atoms with Crippen LogP contribution >= 0.6 is 11.3 Å². The van der Waals surface area contributed by atoms with Crippen molar-refractivity contribution >= 4 is 17.2 Å². The molecule has 1 unspecified atom stereocenters. The third-order valence-electron chi connectivity index (χ3n) is 3.43. The molecule has 112 valence electrons. The number of hydrogen-bond donors (Lipinski definition) is 2. The predicted octanol–water partition coefficient (Wildman–Crippen LogP) is 2.64. The Morgan fingerprint density at radius 2 is 2.05 bits per heavy atom. The molecule has 21 heavy (non-hydrogen) atoms. The molecular formula is C16H20N2O2S. The minimum absolute atomic E-state index is 0.400. The highest BCUT2D eigenvalue weighted by molar-refractivity contribution is 7.09. The molecule has 5 heteroatoms. The summed E-state index contributed by atoms with van der Waals surface area (Å²) in [5.41, 5.74) is 5.53. The Kier molecular flexibility index (Phi) is 4.98. The number of amides is 1. The number of hydrogen-bond acceptors (Lipinski definition) is 4. The van der Waals surface area contributed by atoms with Gasteiger partial charge in [-0.2, -0.15) is 0 Å². The summed E-state index contributed by atoms with van der Waals surface area (Å²) < 4.78 is 5.42. The Bertz CT molecular complexity index is 581. The Labute approximate surface area is 128 Å². The molecule has 0 aliphatic heterocycles. The molecule has 1 atom stereocenters. The molecule has 0 saturated carbocycles. The lowest BCUT2D eigenvalue weighted by Crippen LogP contribution is -2.49. The average molecular weight is 304 g/mol. The zero-order chi connectivity index (χ0) is 15.3. The summed E-state index contributed by atoms with van der Waals surface area (Å²) in [6.07, 6.45) is 0. The van der Waals surface area contributed by atoms with Crippen molar-refractivity contribution < 1.29 is 9.53 Å². The number of primary amides is 1. The van der Waals surface area contributed by atoms with Gasteiger partial charge in [-0.1, -0.05) is 18.2 Å². The van der Waals surface area contributed by atoms with Crippen molar-refractivity contribution in [3.63, 3.8) is 0 Å². The lowest BCUT2D eigenvalue weighted by Gasteiger charge is -2.28. The van der Waals surface area contributed by atoms with Crippen molar-refractivity contribution in [1.29, 1.82) is 0 Å². The van der Waals surface area contributed by atoms with Gasteiger partial charge in [0.25, 0.3) is 0 Å². The van der Waals surface area contributed by atoms with Gasteiger partial charge in [-0.05, 0) is 43.0 Å². The first-order valence-corrected chi connectivity index (χ1v) is 7.75. The SMILES string of the molecule is CCOc1ccc(C(C)(NCc2cccs2)C(N)=O)cc1. The van der Waals surface area contributed by atoms with E-state index in [1.807, 2.05) is 48.7 Å². The fraction of sp³-hybridized carbons (Fsp3) is 0.312. The van der Waals surface area contributed by atoms with E-state index in [0.717, 1.165) is 16.2 Å². The molecule has 1 amide bonds. The van der Waals surface area contributed by atoms with E-state index in [1.165, 1.54) is 0 Å². The zero-order valence-electron chi connectivity index (χ0n) is 12.3. The molecule has 0 saturated heterocycles. The second-order valence-electron chi connectivity index (χ2n) is 4.88. The first-order chi connectivity index (χ1) is 10.1. The minimum atomic E-state index is -0.908. The lowest BCUT2D eigenvalue weighted by molar-refractivity contribution is -0.124. The van der Waals surface area contributed by atoms with Gasteiger partial charge in [0.1, 0.15) is 11.3 Å². The summed E-state index contributed by atoms with van der Waals surface area (Å²) in [4.78, 5) is 13.1. The molecule has 0 aliphatic carbocycles. The molecule has 1 aromatic heterocycles. The van der Waals surface area contributed by atoms with E-state index >= 15 is 0 Å². The predicted molar refractivity (Wildman–Crippen MR) is 85.3 cm³/mol. The second kappa shape index (κ2) is 6.74. The van der Waals surface area contributed by atoms with Gasteiger partial charge >= 0.3 is 0 Å². The fourth-order valence-electron chi connectivity index (χ4n) is 2.06. The van der Waals surface area contributed by atoms with Gasteiger partial charge in [0.15, 0.2) is 0 Å². The number of rotatable bonds is 7. The Morgan fingerprint density at radius 3 is 2.57 bits per heavy atom. The molecule has 3 N–H and O–H groups in total. The molecule has 2 aromatic rings. The summed E-state index contributed by atoms with van der Waals surface area (Å²) in [7, 11) is 0. The van der Waals surface area contributed by atoms with E-state index in [-0.39, 0.29) is 0 Å². The van der Waals surface area contributed by atoms with E-state index in [0.29, 0.717) is 13.2 Å². The van der Waals surface area contributed by atoms with E-state index < -0.39 is 11.4 Å². The fourth-order valence-corrected chi connectivity index (χ4v) is 2.70. The summed E-state index contributed by atoms with van der Waals surface area (Å²) in [6.45, 7) is 4.95. The largest absolute Gasteiger partial charge is 0.494 e. The maximum absolute atomic E-state index is 11.9. The molecule has 0 aliphatic rings. The first-order valence-electron chi connectivity index (χ1n) is 6.87. The molecule has 2 rings (SSSR count). The number of nitrogens with two attached hydrogens (primary N) is 1. The first kappa shape index (κ1) is 15.5. The summed E-state index contributed by atoms with van der Waals surface area (Å²) >= 11 is 1.64. The maximum atomic E-state index is 11.9. The maximum Gasteiger partial charge on any atom is 0.242 e. The number of carbonyl (C=O) groups excluding carboxylic acids is 1. The number of ether oxygens (including phenoxy) is 1. The van der Waals surface area contributed by atoms with Crippen LogP contribution in [-0.2, 0) is 16.9 Å². The van der Waals surface area contributed by atoms with Gasteiger partial charge in [0.05, 0.1) is 6.61 Å². The van der Waals surface area contributed by atoms with E-state index in [2.05, 4.69) is 5.32 Å². The van der Waals surface area contributed by atoms with Crippen molar-refractivity contribution in [2.45, 2.75) is 25.9 Å². The van der Waals surface area contributed by atoms with E-state index in [4.69, 9.17) is 10.5 Å². The van der Waals surface area contributed by atoms with Crippen LogP contribution in [0, 0.1) is 0 Å². The van der Waals surface area contributed by atoms with Crippen LogP contribution in [0.15, 0.2) is 41.8 Å². The van der Waals surface area contributed by atoms with E-state index in [9.17, 15) is 4.79 Å². The Morgan fingerprint density at radius 1 is 1.33 bits per heavy atom. The van der Waals surface area contributed by atoms with Crippen LogP contribution in [0.5, 0.6) is 5.75 Å².